The maximum Gasteiger partial charge on any atom is 0.337 e. The fraction of sp³-hybridized carbons (Fsp3) is 0.615. The van der Waals surface area contributed by atoms with E-state index in [0.29, 0.717) is 12.2 Å². The number of nitrogens with one attached hydrogen (secondary N) is 1. The number of methoxy groups -OCH3 is 1. The molecule has 174 valence electrons. The maximum atomic E-state index is 12.2. The zero-order chi connectivity index (χ0) is 22.7. The molecule has 0 aliphatic rings. The average molecular weight is 432 g/mol. The number of hydrogen-bond donors (Lipinski definition) is 2. The number of carboxylic acids is 1. The van der Waals surface area contributed by atoms with Crippen LogP contribution in [0.25, 0.3) is 0 Å². The third-order valence-electron chi connectivity index (χ3n) is 5.41. The third kappa shape index (κ3) is 12.2. The second-order valence-corrected chi connectivity index (χ2v) is 8.07. The van der Waals surface area contributed by atoms with Crippen LogP contribution in [-0.4, -0.2) is 24.1 Å². The molecule has 1 aromatic carbocycles. The van der Waals surface area contributed by atoms with Crippen LogP contribution < -0.4 is 10.1 Å². The Morgan fingerprint density at radius 2 is 1.48 bits per heavy atom. The first-order valence-electron chi connectivity index (χ1n) is 11.9. The summed E-state index contributed by atoms with van der Waals surface area (Å²) in [6.45, 7) is 2.25. The topological polar surface area (TPSA) is 75.6 Å². The van der Waals surface area contributed by atoms with Crippen molar-refractivity contribution in [3.8, 4) is 5.75 Å². The summed E-state index contributed by atoms with van der Waals surface area (Å²) in [5.74, 6) is -0.905. The summed E-state index contributed by atoms with van der Waals surface area (Å²) >= 11 is 0. The molecule has 1 amide bonds. The van der Waals surface area contributed by atoms with E-state index in [0.717, 1.165) is 25.7 Å². The van der Waals surface area contributed by atoms with Crippen molar-refractivity contribution in [2.24, 2.45) is 0 Å². The van der Waals surface area contributed by atoms with Crippen LogP contribution in [0.5, 0.6) is 5.75 Å². The van der Waals surface area contributed by atoms with Gasteiger partial charge in [0.2, 0.25) is 5.91 Å². The Balaban J connectivity index is 2.09. The summed E-state index contributed by atoms with van der Waals surface area (Å²) in [5, 5.41) is 12.0. The normalized spacial score (nSPS) is 11.0. The Morgan fingerprint density at radius 3 is 2.06 bits per heavy atom. The van der Waals surface area contributed by atoms with Gasteiger partial charge in [0.25, 0.3) is 0 Å². The molecule has 0 aliphatic heterocycles. The van der Waals surface area contributed by atoms with Crippen LogP contribution in [0.2, 0.25) is 0 Å². The molecule has 1 rings (SSSR count). The number of carbonyl (C=O) groups is 2. The van der Waals surface area contributed by atoms with Gasteiger partial charge in [0, 0.05) is 6.42 Å². The van der Waals surface area contributed by atoms with E-state index >= 15 is 0 Å². The minimum atomic E-state index is -1.09. The van der Waals surface area contributed by atoms with E-state index < -0.39 is 5.97 Å². The van der Waals surface area contributed by atoms with Crippen molar-refractivity contribution in [2.75, 3.05) is 12.4 Å². The number of amides is 1. The molecule has 0 fully saturated rings. The Kier molecular flexibility index (Phi) is 15.0. The lowest BCUT2D eigenvalue weighted by Gasteiger charge is -2.12. The van der Waals surface area contributed by atoms with Crippen LogP contribution in [0.3, 0.4) is 0 Å². The number of aromatic carboxylic acids is 1. The van der Waals surface area contributed by atoms with E-state index in [2.05, 4.69) is 24.4 Å². The monoisotopic (exact) mass is 431 g/mol. The van der Waals surface area contributed by atoms with E-state index in [1.807, 2.05) is 0 Å². The van der Waals surface area contributed by atoms with Gasteiger partial charge in [0.05, 0.1) is 18.4 Å². The zero-order valence-electron chi connectivity index (χ0n) is 19.5. The lowest BCUT2D eigenvalue weighted by Crippen LogP contribution is -2.15. The van der Waals surface area contributed by atoms with Gasteiger partial charge in [-0.1, -0.05) is 76.5 Å². The quantitative estimate of drug-likeness (QED) is 0.188. The molecule has 0 atom stereocenters. The number of carboxylic acid groups (broad SMARTS) is 1. The molecule has 2 N–H and O–H groups in total. The van der Waals surface area contributed by atoms with Gasteiger partial charge < -0.3 is 15.2 Å². The molecule has 5 nitrogen and oxygen atoms in total. The Labute approximate surface area is 188 Å². The first-order chi connectivity index (χ1) is 15.1. The van der Waals surface area contributed by atoms with Crippen molar-refractivity contribution >= 4 is 17.6 Å². The highest BCUT2D eigenvalue weighted by molar-refractivity contribution is 6.02. The van der Waals surface area contributed by atoms with Crippen molar-refractivity contribution in [3.05, 3.63) is 35.9 Å². The molecule has 31 heavy (non-hydrogen) atoms. The van der Waals surface area contributed by atoms with E-state index in [-0.39, 0.29) is 17.2 Å². The lowest BCUT2D eigenvalue weighted by molar-refractivity contribution is -0.116. The molecule has 0 spiro atoms. The lowest BCUT2D eigenvalue weighted by atomic mass is 10.1. The van der Waals surface area contributed by atoms with Gasteiger partial charge in [-0.2, -0.15) is 0 Å². The number of allylic oxidation sites excluding steroid dienone is 2. The molecule has 0 unspecified atom stereocenters. The summed E-state index contributed by atoms with van der Waals surface area (Å²) in [6.07, 6.45) is 20.8. The second-order valence-electron chi connectivity index (χ2n) is 8.07. The van der Waals surface area contributed by atoms with E-state index in [1.54, 1.807) is 12.1 Å². The molecule has 0 bridgehead atoms. The molecular formula is C26H41NO4. The standard InChI is InChI=1S/C26H41NO4/c1-3-4-5-6-7-8-9-10-11-12-13-14-15-16-17-21-24(28)27-25-22(26(29)30)19-18-20-23(25)31-2/h10-11,18-20H,3-9,12-17,21H2,1-2H3,(H,27,28)(H,29,30). The van der Waals surface area contributed by atoms with Gasteiger partial charge in [-0.3, -0.25) is 4.79 Å². The molecule has 0 saturated heterocycles. The Morgan fingerprint density at radius 1 is 0.903 bits per heavy atom. The number of rotatable bonds is 18. The third-order valence-corrected chi connectivity index (χ3v) is 5.41. The zero-order valence-corrected chi connectivity index (χ0v) is 19.5. The van der Waals surface area contributed by atoms with Gasteiger partial charge >= 0.3 is 5.97 Å². The van der Waals surface area contributed by atoms with Crippen LogP contribution in [-0.2, 0) is 4.79 Å². The van der Waals surface area contributed by atoms with Crippen molar-refractivity contribution in [3.63, 3.8) is 0 Å². The summed E-state index contributed by atoms with van der Waals surface area (Å²) in [7, 11) is 1.46. The molecule has 0 heterocycles. The summed E-state index contributed by atoms with van der Waals surface area (Å²) in [6, 6.07) is 4.70. The largest absolute Gasteiger partial charge is 0.495 e. The number of ether oxygens (including phenoxy) is 1. The Bertz CT molecular complexity index is 669. The molecule has 0 aromatic heterocycles. The number of para-hydroxylation sites is 1. The first kappa shape index (κ1) is 26.7. The van der Waals surface area contributed by atoms with Gasteiger partial charge in [0.1, 0.15) is 5.75 Å². The number of anilines is 1. The van der Waals surface area contributed by atoms with Crippen molar-refractivity contribution in [2.45, 2.75) is 96.8 Å². The van der Waals surface area contributed by atoms with Gasteiger partial charge in [0.15, 0.2) is 0 Å². The smallest absolute Gasteiger partial charge is 0.337 e. The molecular weight excluding hydrogens is 390 g/mol. The number of benzene rings is 1. The number of carbonyl (C=O) groups excluding carboxylic acids is 1. The van der Waals surface area contributed by atoms with Crippen LogP contribution in [0, 0.1) is 0 Å². The van der Waals surface area contributed by atoms with Gasteiger partial charge in [-0.15, -0.1) is 0 Å². The molecule has 0 radical (unpaired) electrons. The van der Waals surface area contributed by atoms with E-state index in [9.17, 15) is 14.7 Å². The Hall–Kier alpha value is -2.30. The predicted molar refractivity (Wildman–Crippen MR) is 128 cm³/mol. The second kappa shape index (κ2) is 17.4. The summed E-state index contributed by atoms with van der Waals surface area (Å²) < 4.78 is 5.18. The number of unbranched alkanes of at least 4 members (excludes halogenated alkanes) is 11. The molecule has 0 saturated carbocycles. The van der Waals surface area contributed by atoms with Crippen LogP contribution in [0.1, 0.15) is 107 Å². The van der Waals surface area contributed by atoms with Crippen LogP contribution >= 0.6 is 0 Å². The van der Waals surface area contributed by atoms with Crippen molar-refractivity contribution in [1.29, 1.82) is 0 Å². The summed E-state index contributed by atoms with van der Waals surface area (Å²) in [5.41, 5.74) is 0.271. The maximum absolute atomic E-state index is 12.2. The first-order valence-corrected chi connectivity index (χ1v) is 11.9. The number of hydrogen-bond acceptors (Lipinski definition) is 3. The molecule has 0 aliphatic carbocycles. The molecule has 5 heteroatoms. The highest BCUT2D eigenvalue weighted by Gasteiger charge is 2.16. The fourth-order valence-electron chi connectivity index (χ4n) is 3.57. The van der Waals surface area contributed by atoms with E-state index in [4.69, 9.17) is 4.74 Å². The fourth-order valence-corrected chi connectivity index (χ4v) is 3.57. The predicted octanol–water partition coefficient (Wildman–Crippen LogP) is 7.37. The minimum Gasteiger partial charge on any atom is -0.495 e. The van der Waals surface area contributed by atoms with Crippen LogP contribution in [0.4, 0.5) is 5.69 Å². The highest BCUT2D eigenvalue weighted by Crippen LogP contribution is 2.28. The summed E-state index contributed by atoms with van der Waals surface area (Å²) in [4.78, 5) is 23.6. The van der Waals surface area contributed by atoms with Crippen LogP contribution in [0.15, 0.2) is 30.4 Å². The van der Waals surface area contributed by atoms with Crippen molar-refractivity contribution < 1.29 is 19.4 Å². The van der Waals surface area contributed by atoms with Gasteiger partial charge in [-0.25, -0.2) is 4.79 Å². The van der Waals surface area contributed by atoms with Crippen molar-refractivity contribution in [1.82, 2.24) is 0 Å². The molecule has 1 aromatic rings. The minimum absolute atomic E-state index is 0.0391. The SMILES string of the molecule is CCCCCCCCC=CCCCCCCCC(=O)Nc1c(OC)cccc1C(=O)O. The van der Waals surface area contributed by atoms with Gasteiger partial charge in [-0.05, 0) is 44.2 Å². The van der Waals surface area contributed by atoms with E-state index in [1.165, 1.54) is 71.0 Å². The average Bonchev–Trinajstić information content (AvgIpc) is 2.76. The highest BCUT2D eigenvalue weighted by atomic mass is 16.5.